The lowest BCUT2D eigenvalue weighted by atomic mass is 9.95. The SMILES string of the molecule is CSC1(C(N)=S)CCN(CCS(C)(=O)=O)CC1. The molecule has 0 aromatic carbocycles. The van der Waals surface area contributed by atoms with Gasteiger partial charge < -0.3 is 10.6 Å². The highest BCUT2D eigenvalue weighted by atomic mass is 32.2. The molecule has 1 aliphatic rings. The molecule has 17 heavy (non-hydrogen) atoms. The monoisotopic (exact) mass is 296 g/mol. The number of nitrogens with zero attached hydrogens (tertiary/aromatic N) is 1. The van der Waals surface area contributed by atoms with E-state index in [4.69, 9.17) is 18.0 Å². The molecule has 0 bridgehead atoms. The number of rotatable bonds is 5. The first-order valence-electron chi connectivity index (χ1n) is 5.54. The Balaban J connectivity index is 2.48. The van der Waals surface area contributed by atoms with Crippen LogP contribution in [-0.4, -0.2) is 61.0 Å². The second-order valence-electron chi connectivity index (χ2n) is 4.53. The smallest absolute Gasteiger partial charge is 0.148 e. The van der Waals surface area contributed by atoms with E-state index in [9.17, 15) is 8.42 Å². The quantitative estimate of drug-likeness (QED) is 0.746. The van der Waals surface area contributed by atoms with E-state index in [-0.39, 0.29) is 10.5 Å². The predicted octanol–water partition coefficient (Wildman–Crippen LogP) is 0.515. The number of hydrogen-bond acceptors (Lipinski definition) is 5. The molecule has 0 aromatic heterocycles. The topological polar surface area (TPSA) is 63.4 Å². The van der Waals surface area contributed by atoms with E-state index in [1.165, 1.54) is 6.26 Å². The third-order valence-electron chi connectivity index (χ3n) is 3.28. The maximum absolute atomic E-state index is 11.1. The third-order valence-corrected chi connectivity index (χ3v) is 6.14. The third kappa shape index (κ3) is 4.39. The van der Waals surface area contributed by atoms with Gasteiger partial charge in [0.1, 0.15) is 9.84 Å². The van der Waals surface area contributed by atoms with E-state index in [2.05, 4.69) is 4.90 Å². The lowest BCUT2D eigenvalue weighted by molar-refractivity contribution is 0.232. The lowest BCUT2D eigenvalue weighted by Gasteiger charge is -2.39. The molecule has 1 heterocycles. The standard InChI is InChI=1S/C10H20N2O2S3/c1-16-10(9(11)15)3-5-12(6-4-10)7-8-17(2,13)14/h3-8H2,1-2H3,(H2,11,15). The number of sulfone groups is 1. The molecule has 0 spiro atoms. The van der Waals surface area contributed by atoms with Crippen molar-refractivity contribution in [3.8, 4) is 0 Å². The van der Waals surface area contributed by atoms with Crippen molar-refractivity contribution in [2.75, 3.05) is 37.9 Å². The van der Waals surface area contributed by atoms with Crippen LogP contribution >= 0.6 is 24.0 Å². The summed E-state index contributed by atoms with van der Waals surface area (Å²) in [6.07, 6.45) is 5.13. The van der Waals surface area contributed by atoms with E-state index in [1.54, 1.807) is 11.8 Å². The zero-order valence-electron chi connectivity index (χ0n) is 10.3. The van der Waals surface area contributed by atoms with Gasteiger partial charge in [-0.15, -0.1) is 0 Å². The highest BCUT2D eigenvalue weighted by Gasteiger charge is 2.36. The number of nitrogens with two attached hydrogens (primary N) is 1. The Kier molecular flexibility index (Phi) is 5.24. The van der Waals surface area contributed by atoms with Crippen LogP contribution in [0.2, 0.25) is 0 Å². The first kappa shape index (κ1) is 15.2. The van der Waals surface area contributed by atoms with Crippen molar-refractivity contribution >= 4 is 38.8 Å². The Morgan fingerprint density at radius 2 is 2.00 bits per heavy atom. The van der Waals surface area contributed by atoms with Gasteiger partial charge in [0.15, 0.2) is 0 Å². The van der Waals surface area contributed by atoms with Gasteiger partial charge in [-0.2, -0.15) is 11.8 Å². The maximum Gasteiger partial charge on any atom is 0.148 e. The van der Waals surface area contributed by atoms with Gasteiger partial charge in [-0.1, -0.05) is 12.2 Å². The van der Waals surface area contributed by atoms with Crippen LogP contribution in [0.4, 0.5) is 0 Å². The Bertz CT molecular complexity index is 373. The van der Waals surface area contributed by atoms with Crippen molar-refractivity contribution in [1.82, 2.24) is 4.90 Å². The fraction of sp³-hybridized carbons (Fsp3) is 0.900. The Hall–Kier alpha value is 0.150. The second-order valence-corrected chi connectivity index (χ2v) is 8.42. The maximum atomic E-state index is 11.1. The van der Waals surface area contributed by atoms with Crippen LogP contribution in [0.1, 0.15) is 12.8 Å². The average molecular weight is 296 g/mol. The summed E-state index contributed by atoms with van der Waals surface area (Å²) < 4.78 is 22.1. The lowest BCUT2D eigenvalue weighted by Crippen LogP contribution is -2.49. The summed E-state index contributed by atoms with van der Waals surface area (Å²) in [5.41, 5.74) is 5.80. The molecule has 1 aliphatic heterocycles. The van der Waals surface area contributed by atoms with Crippen molar-refractivity contribution in [3.05, 3.63) is 0 Å². The van der Waals surface area contributed by atoms with Crippen LogP contribution in [0.15, 0.2) is 0 Å². The zero-order valence-corrected chi connectivity index (χ0v) is 12.8. The molecule has 0 aliphatic carbocycles. The molecule has 0 unspecified atom stereocenters. The summed E-state index contributed by atoms with van der Waals surface area (Å²) in [6.45, 7) is 2.35. The van der Waals surface area contributed by atoms with Gasteiger partial charge in [-0.05, 0) is 32.2 Å². The van der Waals surface area contributed by atoms with Gasteiger partial charge in [0.05, 0.1) is 15.5 Å². The van der Waals surface area contributed by atoms with E-state index in [0.29, 0.717) is 11.5 Å². The molecule has 1 rings (SSSR count). The summed E-state index contributed by atoms with van der Waals surface area (Å²) >= 11 is 6.85. The minimum Gasteiger partial charge on any atom is -0.392 e. The van der Waals surface area contributed by atoms with Crippen LogP contribution in [0.25, 0.3) is 0 Å². The number of piperidine rings is 1. The summed E-state index contributed by atoms with van der Waals surface area (Å²) in [5, 5.41) is 0. The predicted molar refractivity (Wildman–Crippen MR) is 78.4 cm³/mol. The number of likely N-dealkylation sites (tertiary alicyclic amines) is 1. The van der Waals surface area contributed by atoms with Gasteiger partial charge >= 0.3 is 0 Å². The molecule has 1 fully saturated rings. The van der Waals surface area contributed by atoms with Crippen molar-refractivity contribution in [2.45, 2.75) is 17.6 Å². The van der Waals surface area contributed by atoms with Gasteiger partial charge in [-0.3, -0.25) is 0 Å². The molecule has 0 saturated carbocycles. The summed E-state index contributed by atoms with van der Waals surface area (Å²) in [5.74, 6) is 0.229. The normalized spacial score (nSPS) is 21.3. The minimum atomic E-state index is -2.87. The Labute approximate surface area is 113 Å². The highest BCUT2D eigenvalue weighted by Crippen LogP contribution is 2.34. The zero-order chi connectivity index (χ0) is 13.1. The van der Waals surface area contributed by atoms with E-state index < -0.39 is 9.84 Å². The largest absolute Gasteiger partial charge is 0.392 e. The molecule has 100 valence electrons. The molecule has 7 heteroatoms. The Morgan fingerprint density at radius 3 is 2.35 bits per heavy atom. The first-order valence-corrected chi connectivity index (χ1v) is 9.23. The van der Waals surface area contributed by atoms with E-state index in [0.717, 1.165) is 25.9 Å². The molecule has 2 N–H and O–H groups in total. The van der Waals surface area contributed by atoms with Gasteiger partial charge in [0.25, 0.3) is 0 Å². The second kappa shape index (κ2) is 5.86. The molecular formula is C10H20N2O2S3. The van der Waals surface area contributed by atoms with Crippen LogP contribution < -0.4 is 5.73 Å². The van der Waals surface area contributed by atoms with Crippen molar-refractivity contribution in [2.24, 2.45) is 5.73 Å². The molecule has 0 aromatic rings. The van der Waals surface area contributed by atoms with Crippen LogP contribution in [0.5, 0.6) is 0 Å². The molecule has 0 radical (unpaired) electrons. The summed E-state index contributed by atoms with van der Waals surface area (Å²) in [6, 6.07) is 0. The summed E-state index contributed by atoms with van der Waals surface area (Å²) in [4.78, 5) is 2.75. The van der Waals surface area contributed by atoms with Gasteiger partial charge in [0.2, 0.25) is 0 Å². The minimum absolute atomic E-state index is 0.0864. The van der Waals surface area contributed by atoms with Crippen LogP contribution in [0, 0.1) is 0 Å². The van der Waals surface area contributed by atoms with E-state index >= 15 is 0 Å². The van der Waals surface area contributed by atoms with Crippen molar-refractivity contribution < 1.29 is 8.42 Å². The van der Waals surface area contributed by atoms with E-state index in [1.807, 2.05) is 6.26 Å². The van der Waals surface area contributed by atoms with Crippen LogP contribution in [-0.2, 0) is 9.84 Å². The highest BCUT2D eigenvalue weighted by molar-refractivity contribution is 8.02. The molecule has 4 nitrogen and oxygen atoms in total. The number of thioether (sulfide) groups is 1. The van der Waals surface area contributed by atoms with Crippen molar-refractivity contribution in [3.63, 3.8) is 0 Å². The average Bonchev–Trinajstić information content (AvgIpc) is 2.26. The molecule has 1 saturated heterocycles. The molecule has 0 amide bonds. The molecular weight excluding hydrogens is 276 g/mol. The van der Waals surface area contributed by atoms with Crippen LogP contribution in [0.3, 0.4) is 0 Å². The number of hydrogen-bond donors (Lipinski definition) is 1. The fourth-order valence-corrected chi connectivity index (χ4v) is 3.82. The number of thiocarbonyl (C=S) groups is 1. The first-order chi connectivity index (χ1) is 7.79. The van der Waals surface area contributed by atoms with Crippen molar-refractivity contribution in [1.29, 1.82) is 0 Å². The van der Waals surface area contributed by atoms with Gasteiger partial charge in [0, 0.05) is 12.8 Å². The summed E-state index contributed by atoms with van der Waals surface area (Å²) in [7, 11) is -2.87. The fourth-order valence-electron chi connectivity index (χ4n) is 1.98. The molecule has 0 atom stereocenters. The Morgan fingerprint density at radius 1 is 1.47 bits per heavy atom. The van der Waals surface area contributed by atoms with Gasteiger partial charge in [-0.25, -0.2) is 8.42 Å².